The average Bonchev–Trinajstić information content (AvgIpc) is 3.40. The Morgan fingerprint density at radius 3 is 2.52 bits per heavy atom. The second-order valence-electron chi connectivity index (χ2n) is 8.16. The Kier molecular flexibility index (Phi) is 10.3. The maximum Gasteiger partial charge on any atom is 0.391 e. The highest BCUT2D eigenvalue weighted by Gasteiger charge is 2.39. The van der Waals surface area contributed by atoms with Gasteiger partial charge in [0.15, 0.2) is 14.6 Å². The summed E-state index contributed by atoms with van der Waals surface area (Å²) in [6.45, 7) is 8.33. The third-order valence-corrected chi connectivity index (χ3v) is 16.7. The van der Waals surface area contributed by atoms with Gasteiger partial charge in [-0.1, -0.05) is 6.42 Å². The molecule has 0 bridgehead atoms. The SMILES string of the molecule is C[SiH]1O[Si](C)(CCCOCCC(F)(F)F)CCCCO[Si](C)(CCOC2CO2)O1. The number of epoxide rings is 1. The van der Waals surface area contributed by atoms with E-state index < -0.39 is 38.8 Å². The number of ether oxygens (including phenoxy) is 3. The summed E-state index contributed by atoms with van der Waals surface area (Å²) < 4.78 is 71.4. The molecular weight excluding hydrogens is 441 g/mol. The Hall–Kier alpha value is 0.201. The Balaban J connectivity index is 1.76. The first-order chi connectivity index (χ1) is 13.6. The van der Waals surface area contributed by atoms with Crippen LogP contribution >= 0.6 is 0 Å². The molecule has 2 aliphatic heterocycles. The lowest BCUT2D eigenvalue weighted by molar-refractivity contribution is -0.145. The van der Waals surface area contributed by atoms with E-state index in [-0.39, 0.29) is 12.9 Å². The van der Waals surface area contributed by atoms with E-state index in [4.69, 9.17) is 26.9 Å². The molecule has 4 atom stereocenters. The van der Waals surface area contributed by atoms with Crippen molar-refractivity contribution in [1.29, 1.82) is 0 Å². The van der Waals surface area contributed by atoms with E-state index >= 15 is 0 Å². The minimum Gasteiger partial charge on any atom is -0.438 e. The average molecular weight is 477 g/mol. The first-order valence-corrected chi connectivity index (χ1v) is 17.9. The van der Waals surface area contributed by atoms with Gasteiger partial charge in [0.05, 0.1) is 19.6 Å². The largest absolute Gasteiger partial charge is 0.438 e. The Bertz CT molecular complexity index is 486. The molecule has 2 aliphatic rings. The van der Waals surface area contributed by atoms with Gasteiger partial charge in [-0.15, -0.1) is 0 Å². The fourth-order valence-electron chi connectivity index (χ4n) is 3.42. The fourth-order valence-corrected chi connectivity index (χ4v) is 15.1. The molecule has 0 aliphatic carbocycles. The molecule has 0 aromatic carbocycles. The summed E-state index contributed by atoms with van der Waals surface area (Å²) in [6.07, 6.45) is -2.39. The quantitative estimate of drug-likeness (QED) is 0.269. The third-order valence-electron chi connectivity index (χ3n) is 5.06. The second-order valence-corrected chi connectivity index (χ2v) is 18.1. The predicted octanol–water partition coefficient (Wildman–Crippen LogP) is 4.06. The first-order valence-electron chi connectivity index (χ1n) is 10.5. The van der Waals surface area contributed by atoms with E-state index in [2.05, 4.69) is 13.1 Å². The van der Waals surface area contributed by atoms with Crippen LogP contribution in [-0.2, 0) is 26.9 Å². The number of hydrogen-bond acceptors (Lipinski definition) is 6. The van der Waals surface area contributed by atoms with Crippen molar-refractivity contribution in [1.82, 2.24) is 0 Å². The lowest BCUT2D eigenvalue weighted by atomic mass is 10.4. The van der Waals surface area contributed by atoms with Crippen molar-refractivity contribution in [2.24, 2.45) is 0 Å². The lowest BCUT2D eigenvalue weighted by Crippen LogP contribution is -2.50. The number of halogens is 3. The maximum atomic E-state index is 12.2. The number of alkyl halides is 3. The van der Waals surface area contributed by atoms with E-state index in [0.29, 0.717) is 26.4 Å². The van der Waals surface area contributed by atoms with Gasteiger partial charge in [0.1, 0.15) is 6.61 Å². The van der Waals surface area contributed by atoms with Crippen LogP contribution in [0, 0.1) is 0 Å². The summed E-state index contributed by atoms with van der Waals surface area (Å²) >= 11 is 0. The Morgan fingerprint density at radius 1 is 1.07 bits per heavy atom. The highest BCUT2D eigenvalue weighted by Crippen LogP contribution is 2.27. The molecule has 0 radical (unpaired) electrons. The van der Waals surface area contributed by atoms with Crippen molar-refractivity contribution in [2.75, 3.05) is 33.0 Å². The summed E-state index contributed by atoms with van der Waals surface area (Å²) in [7, 11) is -6.23. The van der Waals surface area contributed by atoms with Crippen molar-refractivity contribution in [2.45, 2.75) is 75.9 Å². The topological polar surface area (TPSA) is 58.7 Å². The molecule has 12 heteroatoms. The van der Waals surface area contributed by atoms with Gasteiger partial charge in [0.2, 0.25) is 0 Å². The molecule has 4 unspecified atom stereocenters. The van der Waals surface area contributed by atoms with Gasteiger partial charge in [-0.25, -0.2) is 0 Å². The second kappa shape index (κ2) is 11.7. The van der Waals surface area contributed by atoms with E-state index in [9.17, 15) is 13.2 Å². The molecule has 0 aromatic rings. The van der Waals surface area contributed by atoms with Crippen LogP contribution < -0.4 is 0 Å². The van der Waals surface area contributed by atoms with E-state index in [0.717, 1.165) is 37.4 Å². The molecule has 0 aromatic heterocycles. The molecule has 0 N–H and O–H groups in total. The molecule has 29 heavy (non-hydrogen) atoms. The van der Waals surface area contributed by atoms with Crippen molar-refractivity contribution in [3.63, 3.8) is 0 Å². The van der Waals surface area contributed by atoms with Gasteiger partial charge in [0.25, 0.3) is 9.28 Å². The summed E-state index contributed by atoms with van der Waals surface area (Å²) in [4.78, 5) is 0. The standard InChI is InChI=1S/C17H35F3O6Si3/c1-27-25-28(2,13-6-8-21-10-7-17(18,19)20)12-5-4-9-24-29(3,26-27)14-11-22-16-15-23-16/h16,27H,4-15H2,1-3H3. The van der Waals surface area contributed by atoms with Crippen molar-refractivity contribution in [3.8, 4) is 0 Å². The molecule has 2 fully saturated rings. The highest BCUT2D eigenvalue weighted by atomic mass is 28.5. The molecule has 2 saturated heterocycles. The zero-order chi connectivity index (χ0) is 21.4. The van der Waals surface area contributed by atoms with Crippen LogP contribution in [0.4, 0.5) is 13.2 Å². The minimum atomic E-state index is -4.16. The highest BCUT2D eigenvalue weighted by molar-refractivity contribution is 6.81. The van der Waals surface area contributed by atoms with Crippen LogP contribution in [0.5, 0.6) is 0 Å². The molecule has 0 amide bonds. The molecule has 0 spiro atoms. The minimum absolute atomic E-state index is 0.0629. The zero-order valence-corrected chi connectivity index (χ0v) is 20.9. The zero-order valence-electron chi connectivity index (χ0n) is 17.7. The maximum absolute atomic E-state index is 12.2. The molecule has 2 rings (SSSR count). The van der Waals surface area contributed by atoms with Crippen LogP contribution in [0.15, 0.2) is 0 Å². The number of hydrogen-bond donors (Lipinski definition) is 0. The normalized spacial score (nSPS) is 34.1. The molecule has 172 valence electrons. The van der Waals surface area contributed by atoms with Gasteiger partial charge < -0.3 is 26.9 Å². The van der Waals surface area contributed by atoms with Crippen molar-refractivity contribution >= 4 is 26.2 Å². The van der Waals surface area contributed by atoms with E-state index in [1.54, 1.807) is 0 Å². The third kappa shape index (κ3) is 11.4. The lowest BCUT2D eigenvalue weighted by Gasteiger charge is -2.37. The monoisotopic (exact) mass is 476 g/mol. The van der Waals surface area contributed by atoms with Gasteiger partial charge in [-0.05, 0) is 44.6 Å². The summed E-state index contributed by atoms with van der Waals surface area (Å²) in [5.41, 5.74) is 0. The van der Waals surface area contributed by atoms with E-state index in [1.807, 2.05) is 6.55 Å². The smallest absolute Gasteiger partial charge is 0.391 e. The molecule has 0 saturated carbocycles. The van der Waals surface area contributed by atoms with Crippen LogP contribution in [0.3, 0.4) is 0 Å². The molecule has 2 heterocycles. The van der Waals surface area contributed by atoms with E-state index in [1.165, 1.54) is 0 Å². The van der Waals surface area contributed by atoms with Crippen LogP contribution in [0.1, 0.15) is 25.7 Å². The fraction of sp³-hybridized carbons (Fsp3) is 1.00. The summed E-state index contributed by atoms with van der Waals surface area (Å²) in [5, 5.41) is 0. The Morgan fingerprint density at radius 2 is 1.83 bits per heavy atom. The van der Waals surface area contributed by atoms with Gasteiger partial charge in [0, 0.05) is 19.3 Å². The summed E-state index contributed by atoms with van der Waals surface area (Å²) in [5.74, 6) is 0. The van der Waals surface area contributed by atoms with Gasteiger partial charge in [-0.3, -0.25) is 0 Å². The van der Waals surface area contributed by atoms with Crippen LogP contribution in [-0.4, -0.2) is 71.7 Å². The van der Waals surface area contributed by atoms with Crippen LogP contribution in [0.25, 0.3) is 0 Å². The van der Waals surface area contributed by atoms with Crippen molar-refractivity contribution < 1.29 is 40.0 Å². The molecular formula is C17H35F3O6Si3. The van der Waals surface area contributed by atoms with Crippen molar-refractivity contribution in [3.05, 3.63) is 0 Å². The Labute approximate surface area is 175 Å². The van der Waals surface area contributed by atoms with Gasteiger partial charge in [-0.2, -0.15) is 13.2 Å². The van der Waals surface area contributed by atoms with Gasteiger partial charge >= 0.3 is 14.7 Å². The first kappa shape index (κ1) is 25.5. The number of rotatable bonds is 10. The molecule has 6 nitrogen and oxygen atoms in total. The predicted molar refractivity (Wildman–Crippen MR) is 110 cm³/mol. The summed E-state index contributed by atoms with van der Waals surface area (Å²) in [6, 6.07) is 2.64. The van der Waals surface area contributed by atoms with Crippen LogP contribution in [0.2, 0.25) is 37.8 Å².